The molecule has 0 unspecified atom stereocenters. The Morgan fingerprint density at radius 3 is 2.73 bits per heavy atom. The average Bonchev–Trinajstić information content (AvgIpc) is 3.06. The Bertz CT molecular complexity index is 872. The number of hydrogen-bond acceptors (Lipinski definition) is 6. The molecule has 0 aliphatic carbocycles. The molecular formula is C17H21N3O5S. The topological polar surface area (TPSA) is 102 Å². The minimum absolute atomic E-state index is 0.172. The Labute approximate surface area is 152 Å². The second-order valence-corrected chi connectivity index (χ2v) is 8.04. The number of piperidine rings is 1. The van der Waals surface area contributed by atoms with Crippen LogP contribution in [0.3, 0.4) is 0 Å². The van der Waals surface area contributed by atoms with Gasteiger partial charge in [0.15, 0.2) is 6.61 Å². The summed E-state index contributed by atoms with van der Waals surface area (Å²) in [5, 5.41) is 6.26. The lowest BCUT2D eigenvalue weighted by molar-refractivity contribution is -0.118. The van der Waals surface area contributed by atoms with E-state index in [-0.39, 0.29) is 17.4 Å². The van der Waals surface area contributed by atoms with E-state index in [2.05, 4.69) is 10.5 Å². The number of amides is 1. The molecule has 1 N–H and O–H groups in total. The van der Waals surface area contributed by atoms with Crippen molar-refractivity contribution < 1.29 is 22.5 Å². The summed E-state index contributed by atoms with van der Waals surface area (Å²) >= 11 is 0. The third kappa shape index (κ3) is 4.41. The van der Waals surface area contributed by atoms with Gasteiger partial charge in [0.1, 0.15) is 5.76 Å². The number of aryl methyl sites for hydroxylation is 1. The van der Waals surface area contributed by atoms with Crippen LogP contribution < -0.4 is 10.1 Å². The number of carbonyl (C=O) groups excluding carboxylic acids is 1. The number of aromatic nitrogens is 1. The molecule has 2 aromatic rings. The van der Waals surface area contributed by atoms with Gasteiger partial charge in [-0.25, -0.2) is 8.42 Å². The number of carbonyl (C=O) groups is 1. The largest absolute Gasteiger partial charge is 0.465 e. The van der Waals surface area contributed by atoms with Crippen LogP contribution in [-0.2, 0) is 14.8 Å². The molecular weight excluding hydrogens is 358 g/mol. The first-order valence-corrected chi connectivity index (χ1v) is 9.85. The van der Waals surface area contributed by atoms with E-state index < -0.39 is 15.9 Å². The highest BCUT2D eigenvalue weighted by molar-refractivity contribution is 7.89. The average molecular weight is 379 g/mol. The van der Waals surface area contributed by atoms with Crippen LogP contribution >= 0.6 is 0 Å². The van der Waals surface area contributed by atoms with Gasteiger partial charge in [0.2, 0.25) is 10.0 Å². The molecule has 0 atom stereocenters. The molecule has 1 aliphatic heterocycles. The molecule has 1 aromatic heterocycles. The number of rotatable bonds is 6. The predicted octanol–water partition coefficient (Wildman–Crippen LogP) is 2.18. The number of ether oxygens (including phenoxy) is 1. The molecule has 1 fully saturated rings. The monoisotopic (exact) mass is 379 g/mol. The van der Waals surface area contributed by atoms with Crippen LogP contribution in [-0.4, -0.2) is 43.5 Å². The third-order valence-corrected chi connectivity index (χ3v) is 5.92. The fourth-order valence-electron chi connectivity index (χ4n) is 2.74. The quantitative estimate of drug-likeness (QED) is 0.825. The van der Waals surface area contributed by atoms with Crippen molar-refractivity contribution in [1.29, 1.82) is 0 Å². The molecule has 1 saturated heterocycles. The highest BCUT2D eigenvalue weighted by Gasteiger charge is 2.26. The van der Waals surface area contributed by atoms with E-state index in [9.17, 15) is 13.2 Å². The summed E-state index contributed by atoms with van der Waals surface area (Å²) in [6, 6.07) is 7.80. The van der Waals surface area contributed by atoms with Crippen molar-refractivity contribution in [3.8, 4) is 5.88 Å². The number of nitrogens with zero attached hydrogens (tertiary/aromatic N) is 2. The minimum atomic E-state index is -3.54. The van der Waals surface area contributed by atoms with Crippen molar-refractivity contribution in [2.75, 3.05) is 25.0 Å². The molecule has 1 amide bonds. The number of benzene rings is 1. The zero-order valence-corrected chi connectivity index (χ0v) is 15.3. The summed E-state index contributed by atoms with van der Waals surface area (Å²) in [7, 11) is -3.54. The fraction of sp³-hybridized carbons (Fsp3) is 0.412. The standard InChI is InChI=1S/C17H21N3O5S/c1-13-10-17(19-25-13)24-12-16(21)18-14-6-5-7-15(11-14)26(22,23)20-8-3-2-4-9-20/h5-7,10-11H,2-4,8-9,12H2,1H3,(H,18,21). The minimum Gasteiger partial charge on any atom is -0.465 e. The molecule has 2 heterocycles. The Balaban J connectivity index is 1.64. The Morgan fingerprint density at radius 1 is 1.27 bits per heavy atom. The van der Waals surface area contributed by atoms with Crippen LogP contribution in [0.4, 0.5) is 5.69 Å². The number of anilines is 1. The van der Waals surface area contributed by atoms with Gasteiger partial charge in [-0.15, -0.1) is 0 Å². The molecule has 9 heteroatoms. The molecule has 0 saturated carbocycles. The van der Waals surface area contributed by atoms with E-state index in [0.717, 1.165) is 19.3 Å². The number of sulfonamides is 1. The van der Waals surface area contributed by atoms with E-state index >= 15 is 0 Å². The van der Waals surface area contributed by atoms with Crippen LogP contribution in [0.5, 0.6) is 5.88 Å². The maximum Gasteiger partial charge on any atom is 0.262 e. The number of hydrogen-bond donors (Lipinski definition) is 1. The SMILES string of the molecule is Cc1cc(OCC(=O)Nc2cccc(S(=O)(=O)N3CCCCC3)c2)no1. The molecule has 0 radical (unpaired) electrons. The highest BCUT2D eigenvalue weighted by atomic mass is 32.2. The zero-order valence-electron chi connectivity index (χ0n) is 14.5. The molecule has 0 spiro atoms. The third-order valence-electron chi connectivity index (χ3n) is 4.03. The molecule has 0 bridgehead atoms. The molecule has 1 aromatic carbocycles. The predicted molar refractivity (Wildman–Crippen MR) is 94.4 cm³/mol. The van der Waals surface area contributed by atoms with Gasteiger partial charge in [-0.05, 0) is 43.1 Å². The summed E-state index contributed by atoms with van der Waals surface area (Å²) in [5.41, 5.74) is 0.396. The van der Waals surface area contributed by atoms with Crippen LogP contribution in [0.15, 0.2) is 39.8 Å². The smallest absolute Gasteiger partial charge is 0.262 e. The summed E-state index contributed by atoms with van der Waals surface area (Å²) in [4.78, 5) is 12.2. The lowest BCUT2D eigenvalue weighted by Gasteiger charge is -2.26. The van der Waals surface area contributed by atoms with E-state index in [1.807, 2.05) is 0 Å². The normalized spacial score (nSPS) is 15.6. The second-order valence-electron chi connectivity index (χ2n) is 6.11. The lowest BCUT2D eigenvalue weighted by atomic mass is 10.2. The van der Waals surface area contributed by atoms with Crippen molar-refractivity contribution in [3.63, 3.8) is 0 Å². The maximum atomic E-state index is 12.7. The molecule has 26 heavy (non-hydrogen) atoms. The van der Waals surface area contributed by atoms with Gasteiger partial charge < -0.3 is 14.6 Å². The van der Waals surface area contributed by atoms with Crippen molar-refractivity contribution in [2.24, 2.45) is 0 Å². The Kier molecular flexibility index (Phi) is 5.58. The first-order valence-electron chi connectivity index (χ1n) is 8.41. The van der Waals surface area contributed by atoms with Gasteiger partial charge in [0.25, 0.3) is 11.8 Å². The lowest BCUT2D eigenvalue weighted by Crippen LogP contribution is -2.35. The summed E-state index contributed by atoms with van der Waals surface area (Å²) in [6.45, 7) is 2.52. The highest BCUT2D eigenvalue weighted by Crippen LogP contribution is 2.22. The molecule has 8 nitrogen and oxygen atoms in total. The molecule has 3 rings (SSSR count). The van der Waals surface area contributed by atoms with Crippen molar-refractivity contribution >= 4 is 21.6 Å². The van der Waals surface area contributed by atoms with E-state index in [0.29, 0.717) is 24.5 Å². The Morgan fingerprint density at radius 2 is 2.04 bits per heavy atom. The summed E-state index contributed by atoms with van der Waals surface area (Å²) < 4.78 is 37.0. The first-order chi connectivity index (χ1) is 12.4. The van der Waals surface area contributed by atoms with Gasteiger partial charge in [0.05, 0.1) is 4.90 Å². The summed E-state index contributed by atoms with van der Waals surface area (Å²) in [6.07, 6.45) is 2.79. The van der Waals surface area contributed by atoms with E-state index in [1.54, 1.807) is 25.1 Å². The van der Waals surface area contributed by atoms with Gasteiger partial charge in [-0.1, -0.05) is 12.5 Å². The van der Waals surface area contributed by atoms with Crippen LogP contribution in [0.25, 0.3) is 0 Å². The van der Waals surface area contributed by atoms with E-state index in [1.165, 1.54) is 16.4 Å². The second kappa shape index (κ2) is 7.88. The molecule has 1 aliphatic rings. The van der Waals surface area contributed by atoms with Crippen molar-refractivity contribution in [2.45, 2.75) is 31.1 Å². The van der Waals surface area contributed by atoms with Crippen LogP contribution in [0, 0.1) is 6.92 Å². The number of nitrogens with one attached hydrogen (secondary N) is 1. The van der Waals surface area contributed by atoms with Gasteiger partial charge in [0, 0.05) is 24.8 Å². The maximum absolute atomic E-state index is 12.7. The fourth-order valence-corrected chi connectivity index (χ4v) is 4.30. The van der Waals surface area contributed by atoms with Crippen LogP contribution in [0.1, 0.15) is 25.0 Å². The van der Waals surface area contributed by atoms with E-state index in [4.69, 9.17) is 9.26 Å². The van der Waals surface area contributed by atoms with Gasteiger partial charge in [-0.3, -0.25) is 4.79 Å². The first kappa shape index (κ1) is 18.4. The van der Waals surface area contributed by atoms with Crippen LogP contribution in [0.2, 0.25) is 0 Å². The van der Waals surface area contributed by atoms with Crippen molar-refractivity contribution in [3.05, 3.63) is 36.1 Å². The molecule has 140 valence electrons. The zero-order chi connectivity index (χ0) is 18.6. The summed E-state index contributed by atoms with van der Waals surface area (Å²) in [5.74, 6) is 0.383. The Hall–Kier alpha value is -2.39. The van der Waals surface area contributed by atoms with Gasteiger partial charge in [-0.2, -0.15) is 4.31 Å². The van der Waals surface area contributed by atoms with Crippen molar-refractivity contribution in [1.82, 2.24) is 9.46 Å². The van der Waals surface area contributed by atoms with Gasteiger partial charge >= 0.3 is 0 Å².